The molecule has 0 aliphatic rings. The lowest BCUT2D eigenvalue weighted by Crippen LogP contribution is -1.93. The molecule has 3 heteroatoms. The third-order valence-corrected chi connectivity index (χ3v) is 3.92. The molecule has 4 rings (SSSR count). The van der Waals surface area contributed by atoms with E-state index in [0.29, 0.717) is 5.56 Å². The van der Waals surface area contributed by atoms with Crippen LogP contribution in [0.5, 0.6) is 5.75 Å². The van der Waals surface area contributed by atoms with Crippen LogP contribution >= 0.6 is 0 Å². The molecule has 1 N–H and O–H groups in total. The van der Waals surface area contributed by atoms with Crippen LogP contribution in [0, 0.1) is 0 Å². The van der Waals surface area contributed by atoms with Crippen LogP contribution in [-0.2, 0) is 0 Å². The van der Waals surface area contributed by atoms with E-state index in [1.807, 2.05) is 54.6 Å². The van der Waals surface area contributed by atoms with Gasteiger partial charge in [-0.25, -0.2) is 0 Å². The molecular formula is C19H13NO2. The molecule has 0 unspecified atom stereocenters. The zero-order chi connectivity index (χ0) is 15.1. The second-order valence-electron chi connectivity index (χ2n) is 5.27. The van der Waals surface area contributed by atoms with E-state index in [4.69, 9.17) is 0 Å². The van der Waals surface area contributed by atoms with E-state index < -0.39 is 0 Å². The van der Waals surface area contributed by atoms with Gasteiger partial charge >= 0.3 is 0 Å². The Hall–Kier alpha value is -3.07. The van der Waals surface area contributed by atoms with Gasteiger partial charge in [-0.05, 0) is 36.4 Å². The summed E-state index contributed by atoms with van der Waals surface area (Å²) in [6, 6.07) is 20.9. The minimum Gasteiger partial charge on any atom is -0.508 e. The number of rotatable bonds is 2. The number of phenols is 1. The summed E-state index contributed by atoms with van der Waals surface area (Å²) in [6.07, 6.45) is 0.861. The number of para-hydroxylation sites is 1. The Labute approximate surface area is 127 Å². The lowest BCUT2D eigenvalue weighted by molar-refractivity contribution is 0.112. The number of aldehydes is 1. The van der Waals surface area contributed by atoms with Gasteiger partial charge in [-0.2, -0.15) is 0 Å². The second kappa shape index (κ2) is 4.74. The van der Waals surface area contributed by atoms with Gasteiger partial charge in [-0.3, -0.25) is 4.79 Å². The van der Waals surface area contributed by atoms with Crippen molar-refractivity contribution in [2.24, 2.45) is 0 Å². The predicted molar refractivity (Wildman–Crippen MR) is 87.8 cm³/mol. The van der Waals surface area contributed by atoms with E-state index >= 15 is 0 Å². The standard InChI is InChI=1S/C19H13NO2/c21-12-13-8-9-19-17(10-13)16-6-1-2-7-18(16)20(19)14-4-3-5-15(22)11-14/h1-12,22H. The quantitative estimate of drug-likeness (QED) is 0.558. The molecule has 3 aromatic carbocycles. The highest BCUT2D eigenvalue weighted by Gasteiger charge is 2.12. The Morgan fingerprint density at radius 2 is 1.64 bits per heavy atom. The zero-order valence-corrected chi connectivity index (χ0v) is 11.7. The van der Waals surface area contributed by atoms with Crippen molar-refractivity contribution >= 4 is 28.1 Å². The minimum absolute atomic E-state index is 0.230. The Bertz CT molecular complexity index is 1010. The number of hydrogen-bond acceptors (Lipinski definition) is 2. The topological polar surface area (TPSA) is 42.2 Å². The monoisotopic (exact) mass is 287 g/mol. The third kappa shape index (κ3) is 1.79. The number of fused-ring (bicyclic) bond motifs is 3. The molecule has 1 aromatic heterocycles. The number of aromatic hydroxyl groups is 1. The average Bonchev–Trinajstić information content (AvgIpc) is 2.88. The van der Waals surface area contributed by atoms with E-state index in [1.54, 1.807) is 12.1 Å². The molecule has 0 saturated carbocycles. The van der Waals surface area contributed by atoms with Crippen LogP contribution in [0.3, 0.4) is 0 Å². The summed E-state index contributed by atoms with van der Waals surface area (Å²) in [4.78, 5) is 11.1. The van der Waals surface area contributed by atoms with E-state index in [1.165, 1.54) is 0 Å². The second-order valence-corrected chi connectivity index (χ2v) is 5.27. The minimum atomic E-state index is 0.230. The molecule has 106 valence electrons. The Morgan fingerprint density at radius 1 is 0.818 bits per heavy atom. The van der Waals surface area contributed by atoms with Gasteiger partial charge < -0.3 is 9.67 Å². The first kappa shape index (κ1) is 12.7. The molecule has 0 fully saturated rings. The number of nitrogens with zero attached hydrogens (tertiary/aromatic N) is 1. The summed E-state index contributed by atoms with van der Waals surface area (Å²) in [7, 11) is 0. The van der Waals surface area contributed by atoms with Gasteiger partial charge in [0.15, 0.2) is 0 Å². The summed E-state index contributed by atoms with van der Waals surface area (Å²) in [6.45, 7) is 0. The fourth-order valence-corrected chi connectivity index (χ4v) is 2.97. The molecule has 0 saturated heterocycles. The molecule has 4 aromatic rings. The van der Waals surface area contributed by atoms with Crippen molar-refractivity contribution in [3.05, 3.63) is 72.3 Å². The van der Waals surface area contributed by atoms with Crippen molar-refractivity contribution in [3.63, 3.8) is 0 Å². The summed E-state index contributed by atoms with van der Waals surface area (Å²) >= 11 is 0. The molecule has 3 nitrogen and oxygen atoms in total. The highest BCUT2D eigenvalue weighted by Crippen LogP contribution is 2.32. The van der Waals surface area contributed by atoms with Crippen LogP contribution in [0.25, 0.3) is 27.5 Å². The van der Waals surface area contributed by atoms with Gasteiger partial charge in [0.1, 0.15) is 12.0 Å². The summed E-state index contributed by atoms with van der Waals surface area (Å²) < 4.78 is 2.10. The smallest absolute Gasteiger partial charge is 0.150 e. The molecule has 0 atom stereocenters. The van der Waals surface area contributed by atoms with Gasteiger partial charge in [0.05, 0.1) is 11.0 Å². The zero-order valence-electron chi connectivity index (χ0n) is 11.7. The maximum absolute atomic E-state index is 11.1. The highest BCUT2D eigenvalue weighted by atomic mass is 16.3. The summed E-state index contributed by atoms with van der Waals surface area (Å²) in [5.41, 5.74) is 3.61. The maximum atomic E-state index is 11.1. The molecule has 0 bridgehead atoms. The van der Waals surface area contributed by atoms with Crippen LogP contribution in [-0.4, -0.2) is 16.0 Å². The fourth-order valence-electron chi connectivity index (χ4n) is 2.97. The first-order chi connectivity index (χ1) is 10.8. The predicted octanol–water partition coefficient (Wildman–Crippen LogP) is 4.30. The number of aromatic nitrogens is 1. The number of carbonyl (C=O) groups is 1. The summed E-state index contributed by atoms with van der Waals surface area (Å²) in [5, 5.41) is 11.9. The van der Waals surface area contributed by atoms with Crippen molar-refractivity contribution in [1.82, 2.24) is 4.57 Å². The molecule has 0 spiro atoms. The lowest BCUT2D eigenvalue weighted by Gasteiger charge is -2.08. The number of carbonyl (C=O) groups excluding carboxylic acids is 1. The van der Waals surface area contributed by atoms with Crippen molar-refractivity contribution in [1.29, 1.82) is 0 Å². The molecule has 22 heavy (non-hydrogen) atoms. The normalized spacial score (nSPS) is 11.1. The number of benzene rings is 3. The van der Waals surface area contributed by atoms with E-state index in [9.17, 15) is 9.90 Å². The van der Waals surface area contributed by atoms with E-state index in [-0.39, 0.29) is 5.75 Å². The number of phenolic OH excluding ortho intramolecular Hbond substituents is 1. The first-order valence-corrected chi connectivity index (χ1v) is 7.06. The largest absolute Gasteiger partial charge is 0.508 e. The van der Waals surface area contributed by atoms with Gasteiger partial charge in [-0.15, -0.1) is 0 Å². The molecule has 0 radical (unpaired) electrons. The fraction of sp³-hybridized carbons (Fsp3) is 0. The lowest BCUT2D eigenvalue weighted by atomic mass is 10.1. The average molecular weight is 287 g/mol. The van der Waals surface area contributed by atoms with Crippen molar-refractivity contribution in [3.8, 4) is 11.4 Å². The maximum Gasteiger partial charge on any atom is 0.150 e. The van der Waals surface area contributed by atoms with Gasteiger partial charge in [0, 0.05) is 28.1 Å². The van der Waals surface area contributed by atoms with Gasteiger partial charge in [0.2, 0.25) is 0 Å². The highest BCUT2D eigenvalue weighted by molar-refractivity contribution is 6.10. The Morgan fingerprint density at radius 3 is 2.45 bits per heavy atom. The summed E-state index contributed by atoms with van der Waals surface area (Å²) in [5.74, 6) is 0.230. The van der Waals surface area contributed by atoms with Gasteiger partial charge in [0.25, 0.3) is 0 Å². The van der Waals surface area contributed by atoms with Crippen LogP contribution in [0.4, 0.5) is 0 Å². The van der Waals surface area contributed by atoms with Crippen LogP contribution in [0.1, 0.15) is 10.4 Å². The first-order valence-electron chi connectivity index (χ1n) is 7.06. The van der Waals surface area contributed by atoms with Crippen LogP contribution in [0.2, 0.25) is 0 Å². The van der Waals surface area contributed by atoms with Crippen molar-refractivity contribution in [2.45, 2.75) is 0 Å². The van der Waals surface area contributed by atoms with Crippen LogP contribution < -0.4 is 0 Å². The molecule has 0 aliphatic heterocycles. The van der Waals surface area contributed by atoms with E-state index in [0.717, 1.165) is 33.8 Å². The van der Waals surface area contributed by atoms with Gasteiger partial charge in [-0.1, -0.05) is 24.3 Å². The van der Waals surface area contributed by atoms with E-state index in [2.05, 4.69) is 4.57 Å². The van der Waals surface area contributed by atoms with Crippen molar-refractivity contribution in [2.75, 3.05) is 0 Å². The SMILES string of the molecule is O=Cc1ccc2c(c1)c1ccccc1n2-c1cccc(O)c1. The third-order valence-electron chi connectivity index (χ3n) is 3.92. The Balaban J connectivity index is 2.18. The molecule has 1 heterocycles. The Kier molecular flexibility index (Phi) is 2.73. The van der Waals surface area contributed by atoms with Crippen LogP contribution in [0.15, 0.2) is 66.7 Å². The van der Waals surface area contributed by atoms with Crippen molar-refractivity contribution < 1.29 is 9.90 Å². The number of hydrogen-bond donors (Lipinski definition) is 1. The molecule has 0 aliphatic carbocycles. The molecular weight excluding hydrogens is 274 g/mol. The molecule has 0 amide bonds.